The van der Waals surface area contributed by atoms with Gasteiger partial charge in [-0.05, 0) is 36.6 Å². The second kappa shape index (κ2) is 5.20. The van der Waals surface area contributed by atoms with Crippen molar-refractivity contribution in [1.29, 1.82) is 0 Å². The summed E-state index contributed by atoms with van der Waals surface area (Å²) in [5, 5.41) is 0. The van der Waals surface area contributed by atoms with E-state index in [1.165, 1.54) is 11.1 Å². The van der Waals surface area contributed by atoms with Crippen LogP contribution in [0, 0.1) is 0 Å². The third kappa shape index (κ3) is 1.96. The second-order valence-corrected chi connectivity index (χ2v) is 5.26. The van der Waals surface area contributed by atoms with Gasteiger partial charge in [-0.15, -0.1) is 0 Å². The number of para-hydroxylation sites is 1. The van der Waals surface area contributed by atoms with Crippen LogP contribution in [0.15, 0.2) is 48.5 Å². The first-order valence-electron chi connectivity index (χ1n) is 7.17. The van der Waals surface area contributed by atoms with E-state index in [0.717, 1.165) is 30.9 Å². The lowest BCUT2D eigenvalue weighted by Crippen LogP contribution is -2.33. The quantitative estimate of drug-likeness (QED) is 0.831. The predicted molar refractivity (Wildman–Crippen MR) is 80.6 cm³/mol. The van der Waals surface area contributed by atoms with Gasteiger partial charge in [0.2, 0.25) is 0 Å². The molecule has 0 fully saturated rings. The molecule has 104 valence electrons. The number of methoxy groups -OCH3 is 1. The van der Waals surface area contributed by atoms with Crippen LogP contribution in [-0.4, -0.2) is 13.7 Å². The summed E-state index contributed by atoms with van der Waals surface area (Å²) < 4.78 is 11.2. The highest BCUT2D eigenvalue weighted by molar-refractivity contribution is 5.49. The fraction of sp³-hybridized carbons (Fsp3) is 0.333. The lowest BCUT2D eigenvalue weighted by Gasteiger charge is -2.39. The third-order valence-electron chi connectivity index (χ3n) is 4.41. The lowest BCUT2D eigenvalue weighted by atomic mass is 9.69. The monoisotopic (exact) mass is 268 g/mol. The van der Waals surface area contributed by atoms with Crippen LogP contribution >= 0.6 is 0 Å². The molecule has 3 rings (SSSR count). The minimum Gasteiger partial charge on any atom is -0.497 e. The molecule has 0 spiro atoms. The highest BCUT2D eigenvalue weighted by Crippen LogP contribution is 2.46. The smallest absolute Gasteiger partial charge is 0.123 e. The summed E-state index contributed by atoms with van der Waals surface area (Å²) in [4.78, 5) is 0. The largest absolute Gasteiger partial charge is 0.497 e. The molecule has 0 N–H and O–H groups in total. The maximum absolute atomic E-state index is 5.83. The Bertz CT molecular complexity index is 606. The Morgan fingerprint density at radius 3 is 2.80 bits per heavy atom. The van der Waals surface area contributed by atoms with Crippen molar-refractivity contribution < 1.29 is 9.47 Å². The van der Waals surface area contributed by atoms with E-state index in [1.54, 1.807) is 7.11 Å². The van der Waals surface area contributed by atoms with E-state index < -0.39 is 0 Å². The van der Waals surface area contributed by atoms with Crippen LogP contribution in [-0.2, 0) is 5.41 Å². The second-order valence-electron chi connectivity index (χ2n) is 5.26. The Morgan fingerprint density at radius 2 is 2.00 bits per heavy atom. The van der Waals surface area contributed by atoms with Crippen LogP contribution in [0.5, 0.6) is 11.5 Å². The summed E-state index contributed by atoms with van der Waals surface area (Å²) in [5.41, 5.74) is 2.64. The molecule has 20 heavy (non-hydrogen) atoms. The van der Waals surface area contributed by atoms with Crippen LogP contribution in [0.1, 0.15) is 30.9 Å². The Kier molecular flexibility index (Phi) is 3.39. The summed E-state index contributed by atoms with van der Waals surface area (Å²) in [6.07, 6.45) is 2.06. The molecule has 0 amide bonds. The maximum Gasteiger partial charge on any atom is 0.123 e. The zero-order valence-corrected chi connectivity index (χ0v) is 12.1. The van der Waals surface area contributed by atoms with E-state index in [1.807, 2.05) is 12.1 Å². The molecule has 0 unspecified atom stereocenters. The molecule has 0 aliphatic carbocycles. The van der Waals surface area contributed by atoms with Gasteiger partial charge >= 0.3 is 0 Å². The van der Waals surface area contributed by atoms with Crippen molar-refractivity contribution in [2.75, 3.05) is 13.7 Å². The number of hydrogen-bond donors (Lipinski definition) is 0. The molecule has 0 saturated heterocycles. The van der Waals surface area contributed by atoms with E-state index in [-0.39, 0.29) is 5.41 Å². The van der Waals surface area contributed by atoms with Gasteiger partial charge in [0.25, 0.3) is 0 Å². The zero-order chi connectivity index (χ0) is 14.0. The maximum atomic E-state index is 5.83. The first-order valence-corrected chi connectivity index (χ1v) is 7.17. The van der Waals surface area contributed by atoms with Gasteiger partial charge in [0.1, 0.15) is 11.5 Å². The highest BCUT2D eigenvalue weighted by Gasteiger charge is 2.37. The molecule has 1 heterocycles. The highest BCUT2D eigenvalue weighted by atomic mass is 16.5. The molecular weight excluding hydrogens is 248 g/mol. The van der Waals surface area contributed by atoms with Gasteiger partial charge in [-0.25, -0.2) is 0 Å². The molecule has 1 atom stereocenters. The normalized spacial score (nSPS) is 20.9. The van der Waals surface area contributed by atoms with E-state index in [2.05, 4.69) is 43.3 Å². The number of benzene rings is 2. The molecule has 2 aromatic rings. The molecular formula is C18H20O2. The van der Waals surface area contributed by atoms with Gasteiger partial charge in [0.05, 0.1) is 13.7 Å². The Balaban J connectivity index is 2.17. The van der Waals surface area contributed by atoms with Crippen molar-refractivity contribution in [2.45, 2.75) is 25.2 Å². The van der Waals surface area contributed by atoms with E-state index in [4.69, 9.17) is 9.47 Å². The van der Waals surface area contributed by atoms with Crippen LogP contribution in [0.4, 0.5) is 0 Å². The van der Waals surface area contributed by atoms with Crippen molar-refractivity contribution in [2.24, 2.45) is 0 Å². The molecule has 0 bridgehead atoms. The van der Waals surface area contributed by atoms with E-state index in [9.17, 15) is 0 Å². The fourth-order valence-corrected chi connectivity index (χ4v) is 3.25. The summed E-state index contributed by atoms with van der Waals surface area (Å²) in [6, 6.07) is 16.8. The molecule has 2 heteroatoms. The predicted octanol–water partition coefficient (Wildman–Crippen LogP) is 4.17. The molecule has 0 radical (unpaired) electrons. The summed E-state index contributed by atoms with van der Waals surface area (Å²) in [5.74, 6) is 1.93. The summed E-state index contributed by atoms with van der Waals surface area (Å²) in [7, 11) is 1.72. The van der Waals surface area contributed by atoms with Crippen molar-refractivity contribution >= 4 is 0 Å². The van der Waals surface area contributed by atoms with Gasteiger partial charge < -0.3 is 9.47 Å². The molecule has 2 aromatic carbocycles. The minimum absolute atomic E-state index is 0.0311. The molecule has 0 aromatic heterocycles. The minimum atomic E-state index is 0.0311. The van der Waals surface area contributed by atoms with E-state index >= 15 is 0 Å². The zero-order valence-electron chi connectivity index (χ0n) is 12.1. The van der Waals surface area contributed by atoms with Crippen molar-refractivity contribution in [3.05, 3.63) is 59.7 Å². The SMILES string of the molecule is CC[C@@]1(c2cccc(OC)c2)CCOc2ccccc21. The fourth-order valence-electron chi connectivity index (χ4n) is 3.25. The topological polar surface area (TPSA) is 18.5 Å². The lowest BCUT2D eigenvalue weighted by molar-refractivity contribution is 0.231. The summed E-state index contributed by atoms with van der Waals surface area (Å²) in [6.45, 7) is 3.02. The van der Waals surface area contributed by atoms with Crippen LogP contribution < -0.4 is 9.47 Å². The van der Waals surface area contributed by atoms with Crippen molar-refractivity contribution in [3.8, 4) is 11.5 Å². The molecule has 2 nitrogen and oxygen atoms in total. The number of hydrogen-bond acceptors (Lipinski definition) is 2. The first-order chi connectivity index (χ1) is 9.80. The number of ether oxygens (including phenoxy) is 2. The summed E-state index contributed by atoms with van der Waals surface area (Å²) >= 11 is 0. The average molecular weight is 268 g/mol. The number of rotatable bonds is 3. The van der Waals surface area contributed by atoms with Gasteiger partial charge in [0, 0.05) is 11.0 Å². The number of fused-ring (bicyclic) bond motifs is 1. The molecule has 1 aliphatic heterocycles. The Morgan fingerprint density at radius 1 is 1.15 bits per heavy atom. The van der Waals surface area contributed by atoms with E-state index in [0.29, 0.717) is 0 Å². The van der Waals surface area contributed by atoms with Gasteiger partial charge in [-0.1, -0.05) is 37.3 Å². The third-order valence-corrected chi connectivity index (χ3v) is 4.41. The van der Waals surface area contributed by atoms with Gasteiger partial charge in [0.15, 0.2) is 0 Å². The van der Waals surface area contributed by atoms with Crippen LogP contribution in [0.3, 0.4) is 0 Å². The van der Waals surface area contributed by atoms with Crippen molar-refractivity contribution in [1.82, 2.24) is 0 Å². The molecule has 0 saturated carbocycles. The van der Waals surface area contributed by atoms with Crippen LogP contribution in [0.2, 0.25) is 0 Å². The van der Waals surface area contributed by atoms with Gasteiger partial charge in [-0.2, -0.15) is 0 Å². The average Bonchev–Trinajstić information content (AvgIpc) is 2.54. The first kappa shape index (κ1) is 13.0. The Hall–Kier alpha value is -1.96. The Labute approximate surface area is 120 Å². The standard InChI is InChI=1S/C18H20O2/c1-3-18(14-7-6-8-15(13-14)19-2)11-12-20-17-10-5-4-9-16(17)18/h4-10,13H,3,11-12H2,1-2H3/t18-/m0/s1. The molecule has 1 aliphatic rings. The van der Waals surface area contributed by atoms with Crippen molar-refractivity contribution in [3.63, 3.8) is 0 Å². The van der Waals surface area contributed by atoms with Gasteiger partial charge in [-0.3, -0.25) is 0 Å². The van der Waals surface area contributed by atoms with Crippen LogP contribution in [0.25, 0.3) is 0 Å².